The van der Waals surface area contributed by atoms with Gasteiger partial charge in [-0.05, 0) is 42.7 Å². The molecule has 2 aliphatic heterocycles. The Hall–Kier alpha value is -2.95. The van der Waals surface area contributed by atoms with Gasteiger partial charge in [0.05, 0.1) is 32.6 Å². The van der Waals surface area contributed by atoms with Gasteiger partial charge in [-0.1, -0.05) is 32.4 Å². The van der Waals surface area contributed by atoms with Crippen molar-refractivity contribution in [2.75, 3.05) is 50.2 Å². The topological polar surface area (TPSA) is 124 Å². The van der Waals surface area contributed by atoms with E-state index in [1.807, 2.05) is 15.8 Å². The molecule has 10 heteroatoms. The Kier molecular flexibility index (Phi) is 8.61. The molecule has 38 heavy (non-hydrogen) atoms. The Morgan fingerprint density at radius 1 is 1.21 bits per heavy atom. The number of hydrogen-bond acceptors (Lipinski definition) is 9. The summed E-state index contributed by atoms with van der Waals surface area (Å²) in [5, 5.41) is 18.3. The first kappa shape index (κ1) is 26.6. The first-order chi connectivity index (χ1) is 18.6. The molecule has 2 aromatic heterocycles. The molecule has 0 aliphatic carbocycles. The summed E-state index contributed by atoms with van der Waals surface area (Å²) in [4.78, 5) is 11.0. The maximum Gasteiger partial charge on any atom is 0.222 e. The molecule has 10 nitrogen and oxygen atoms in total. The third-order valence-electron chi connectivity index (χ3n) is 7.65. The molecule has 206 valence electrons. The molecule has 3 aromatic rings. The van der Waals surface area contributed by atoms with Crippen molar-refractivity contribution in [1.82, 2.24) is 25.1 Å². The summed E-state index contributed by atoms with van der Waals surface area (Å²) in [6, 6.07) is 4.88. The molecule has 2 aliphatic rings. The molecule has 0 radical (unpaired) electrons. The van der Waals surface area contributed by atoms with Crippen LogP contribution in [0.1, 0.15) is 56.2 Å². The molecule has 0 unspecified atom stereocenters. The van der Waals surface area contributed by atoms with Crippen LogP contribution in [0, 0.1) is 5.92 Å². The highest BCUT2D eigenvalue weighted by Crippen LogP contribution is 2.33. The number of aromatic nitrogens is 4. The fourth-order valence-corrected chi connectivity index (χ4v) is 5.54. The van der Waals surface area contributed by atoms with Crippen molar-refractivity contribution in [3.05, 3.63) is 35.0 Å². The lowest BCUT2D eigenvalue weighted by Crippen LogP contribution is -2.41. The summed E-state index contributed by atoms with van der Waals surface area (Å²) in [6.45, 7) is 9.47. The maximum absolute atomic E-state index is 9.63. The predicted octanol–water partition coefficient (Wildman–Crippen LogP) is 2.90. The molecular formula is C28H41N7O3. The standard InChI is InChI=1S/C28H41N7O3/c1-3-4-10-34(11-12-36)27-25-24(31-28(29)32-27)17-35(33-25)16-21-8-7-20(22-6-5-13-38-26(21)22)15-30-23-9-14-37-18-19(23)2/h7-8,17,19,23,30,36H,3-6,9-16,18H2,1-2H3,(H2,29,31)/t19-,23+/m1/s1. The van der Waals surface area contributed by atoms with Crippen molar-refractivity contribution in [3.8, 4) is 5.75 Å². The Balaban J connectivity index is 1.40. The number of rotatable bonds is 11. The number of nitrogen functional groups attached to an aromatic ring is 1. The molecule has 1 saturated heterocycles. The Labute approximate surface area is 224 Å². The highest BCUT2D eigenvalue weighted by molar-refractivity contribution is 5.86. The van der Waals surface area contributed by atoms with Gasteiger partial charge in [0.15, 0.2) is 11.3 Å². The zero-order chi connectivity index (χ0) is 26.5. The summed E-state index contributed by atoms with van der Waals surface area (Å²) in [6.07, 6.45) is 7.05. The van der Waals surface area contributed by atoms with Crippen LogP contribution in [0.3, 0.4) is 0 Å². The van der Waals surface area contributed by atoms with Crippen LogP contribution in [0.15, 0.2) is 18.3 Å². The zero-order valence-corrected chi connectivity index (χ0v) is 22.7. The van der Waals surface area contributed by atoms with Crippen molar-refractivity contribution < 1.29 is 14.6 Å². The first-order valence-electron chi connectivity index (χ1n) is 14.0. The molecule has 0 bridgehead atoms. The third kappa shape index (κ3) is 5.87. The van der Waals surface area contributed by atoms with Gasteiger partial charge in [-0.2, -0.15) is 10.1 Å². The summed E-state index contributed by atoms with van der Waals surface area (Å²) in [5.41, 5.74) is 11.2. The Bertz CT molecular complexity index is 1230. The number of nitrogens with two attached hydrogens (primary N) is 1. The molecule has 4 heterocycles. The third-order valence-corrected chi connectivity index (χ3v) is 7.65. The largest absolute Gasteiger partial charge is 0.493 e. The van der Waals surface area contributed by atoms with Gasteiger partial charge in [-0.25, -0.2) is 4.98 Å². The van der Waals surface area contributed by atoms with Gasteiger partial charge in [0, 0.05) is 37.8 Å². The number of unbranched alkanes of at least 4 members (excludes halogenated alkanes) is 1. The minimum absolute atomic E-state index is 0.0357. The van der Waals surface area contributed by atoms with Crippen LogP contribution in [-0.2, 0) is 24.2 Å². The smallest absolute Gasteiger partial charge is 0.222 e. The van der Waals surface area contributed by atoms with E-state index in [1.54, 1.807) is 0 Å². The van der Waals surface area contributed by atoms with E-state index in [2.05, 4.69) is 41.3 Å². The average molecular weight is 524 g/mol. The van der Waals surface area contributed by atoms with E-state index in [0.29, 0.717) is 41.9 Å². The van der Waals surface area contributed by atoms with Gasteiger partial charge in [-0.3, -0.25) is 4.68 Å². The molecule has 1 aromatic carbocycles. The number of fused-ring (bicyclic) bond motifs is 2. The molecule has 1 fully saturated rings. The number of nitrogens with one attached hydrogen (secondary N) is 1. The summed E-state index contributed by atoms with van der Waals surface area (Å²) >= 11 is 0. The Morgan fingerprint density at radius 2 is 2.08 bits per heavy atom. The molecule has 5 rings (SSSR count). The van der Waals surface area contributed by atoms with Crippen molar-refractivity contribution in [2.45, 2.75) is 65.1 Å². The van der Waals surface area contributed by atoms with Gasteiger partial charge in [-0.15, -0.1) is 0 Å². The number of nitrogens with zero attached hydrogens (tertiary/aromatic N) is 5. The van der Waals surface area contributed by atoms with E-state index in [-0.39, 0.29) is 12.6 Å². The lowest BCUT2D eigenvalue weighted by molar-refractivity contribution is 0.0386. The monoisotopic (exact) mass is 523 g/mol. The van der Waals surface area contributed by atoms with Crippen LogP contribution in [0.5, 0.6) is 5.75 Å². The minimum atomic E-state index is 0.0357. The van der Waals surface area contributed by atoms with Gasteiger partial charge in [0.2, 0.25) is 5.95 Å². The second kappa shape index (κ2) is 12.3. The second-order valence-corrected chi connectivity index (χ2v) is 10.5. The lowest BCUT2D eigenvalue weighted by Gasteiger charge is -2.30. The maximum atomic E-state index is 9.63. The zero-order valence-electron chi connectivity index (χ0n) is 22.7. The van der Waals surface area contributed by atoms with Gasteiger partial charge in [0.1, 0.15) is 11.3 Å². The van der Waals surface area contributed by atoms with Gasteiger partial charge in [0.25, 0.3) is 0 Å². The number of hydrogen-bond donors (Lipinski definition) is 3. The molecule has 0 saturated carbocycles. The molecular weight excluding hydrogens is 482 g/mol. The van der Waals surface area contributed by atoms with Crippen molar-refractivity contribution in [3.63, 3.8) is 0 Å². The van der Waals surface area contributed by atoms with Gasteiger partial charge >= 0.3 is 0 Å². The number of ether oxygens (including phenoxy) is 2. The number of aliphatic hydroxyl groups excluding tert-OH is 1. The highest BCUT2D eigenvalue weighted by Gasteiger charge is 2.24. The SMILES string of the molecule is CCCCN(CCO)c1nc(N)nc2cn(Cc3ccc(CN[C@H]4CCOC[C@H]4C)c4c3OCCC4)nc12. The quantitative estimate of drug-likeness (QED) is 0.348. The van der Waals surface area contributed by atoms with Crippen LogP contribution in [0.2, 0.25) is 0 Å². The van der Waals surface area contributed by atoms with E-state index in [1.165, 1.54) is 11.1 Å². The molecule has 0 amide bonds. The number of benzene rings is 1. The van der Waals surface area contributed by atoms with Crippen LogP contribution >= 0.6 is 0 Å². The summed E-state index contributed by atoms with van der Waals surface area (Å²) < 4.78 is 13.7. The first-order valence-corrected chi connectivity index (χ1v) is 14.0. The fourth-order valence-electron chi connectivity index (χ4n) is 5.54. The lowest BCUT2D eigenvalue weighted by atomic mass is 9.94. The van der Waals surface area contributed by atoms with E-state index >= 15 is 0 Å². The van der Waals surface area contributed by atoms with Crippen molar-refractivity contribution in [1.29, 1.82) is 0 Å². The van der Waals surface area contributed by atoms with Crippen LogP contribution in [-0.4, -0.2) is 70.4 Å². The van der Waals surface area contributed by atoms with Crippen molar-refractivity contribution in [2.24, 2.45) is 5.92 Å². The summed E-state index contributed by atoms with van der Waals surface area (Å²) in [5.74, 6) is 2.39. The number of anilines is 2. The van der Waals surface area contributed by atoms with Crippen LogP contribution in [0.4, 0.5) is 11.8 Å². The summed E-state index contributed by atoms with van der Waals surface area (Å²) in [7, 11) is 0. The van der Waals surface area contributed by atoms with Gasteiger partial charge < -0.3 is 30.5 Å². The highest BCUT2D eigenvalue weighted by atomic mass is 16.5. The van der Waals surface area contributed by atoms with E-state index in [0.717, 1.165) is 76.3 Å². The van der Waals surface area contributed by atoms with E-state index in [4.69, 9.17) is 20.3 Å². The molecule has 4 N–H and O–H groups in total. The minimum Gasteiger partial charge on any atom is -0.493 e. The van der Waals surface area contributed by atoms with Crippen molar-refractivity contribution >= 4 is 22.8 Å². The number of aliphatic hydroxyl groups is 1. The molecule has 0 spiro atoms. The van der Waals surface area contributed by atoms with E-state index < -0.39 is 0 Å². The predicted molar refractivity (Wildman–Crippen MR) is 149 cm³/mol. The van der Waals surface area contributed by atoms with E-state index in [9.17, 15) is 5.11 Å². The molecule has 2 atom stereocenters. The Morgan fingerprint density at radius 3 is 2.89 bits per heavy atom. The average Bonchev–Trinajstić information content (AvgIpc) is 3.33. The normalized spacial score (nSPS) is 19.3. The van der Waals surface area contributed by atoms with Crippen LogP contribution < -0.4 is 20.7 Å². The van der Waals surface area contributed by atoms with Crippen LogP contribution in [0.25, 0.3) is 11.0 Å². The second-order valence-electron chi connectivity index (χ2n) is 10.5. The fraction of sp³-hybridized carbons (Fsp3) is 0.607.